The summed E-state index contributed by atoms with van der Waals surface area (Å²) < 4.78 is 10.9. The minimum atomic E-state index is 0.131. The number of benzene rings is 1. The average Bonchev–Trinajstić information content (AvgIpc) is 2.74. The maximum Gasteiger partial charge on any atom is 0.138 e. The van der Waals surface area contributed by atoms with Crippen molar-refractivity contribution < 1.29 is 9.47 Å². The van der Waals surface area contributed by atoms with Crippen LogP contribution in [0.15, 0.2) is 18.2 Å². The van der Waals surface area contributed by atoms with E-state index in [2.05, 4.69) is 0 Å². The topological polar surface area (TPSA) is 44.5 Å². The van der Waals surface area contributed by atoms with Crippen molar-refractivity contribution in [3.63, 3.8) is 0 Å². The van der Waals surface area contributed by atoms with E-state index >= 15 is 0 Å². The van der Waals surface area contributed by atoms with Crippen LogP contribution in [-0.2, 0) is 11.3 Å². The van der Waals surface area contributed by atoms with Crippen LogP contribution in [0.1, 0.15) is 12.0 Å². The second-order valence-corrected chi connectivity index (χ2v) is 3.98. The highest BCUT2D eigenvalue weighted by Crippen LogP contribution is 2.27. The van der Waals surface area contributed by atoms with Crippen LogP contribution in [0.3, 0.4) is 0 Å². The predicted molar refractivity (Wildman–Crippen MR) is 59.2 cm³/mol. The highest BCUT2D eigenvalue weighted by Gasteiger charge is 2.18. The fourth-order valence-electron chi connectivity index (χ4n) is 1.55. The monoisotopic (exact) mass is 227 g/mol. The standard InChI is InChI=1S/C11H14ClNO2/c12-10-5-8(6-13)1-2-11(10)15-9-3-4-14-7-9/h1-2,5,9H,3-4,6-7,13H2. The Morgan fingerprint density at radius 1 is 1.53 bits per heavy atom. The lowest BCUT2D eigenvalue weighted by atomic mass is 10.2. The van der Waals surface area contributed by atoms with Crippen molar-refractivity contribution in [1.29, 1.82) is 0 Å². The molecule has 0 saturated carbocycles. The van der Waals surface area contributed by atoms with Crippen LogP contribution in [0.4, 0.5) is 0 Å². The Morgan fingerprint density at radius 2 is 2.40 bits per heavy atom. The lowest BCUT2D eigenvalue weighted by Gasteiger charge is -2.13. The summed E-state index contributed by atoms with van der Waals surface area (Å²) in [5.74, 6) is 0.712. The molecule has 1 atom stereocenters. The second-order valence-electron chi connectivity index (χ2n) is 3.57. The second kappa shape index (κ2) is 4.84. The maximum absolute atomic E-state index is 6.07. The van der Waals surface area contributed by atoms with E-state index in [9.17, 15) is 0 Å². The number of ether oxygens (including phenoxy) is 2. The van der Waals surface area contributed by atoms with Crippen molar-refractivity contribution in [2.75, 3.05) is 13.2 Å². The summed E-state index contributed by atoms with van der Waals surface area (Å²) in [6, 6.07) is 5.63. The van der Waals surface area contributed by atoms with Crippen LogP contribution in [0.5, 0.6) is 5.75 Å². The Kier molecular flexibility index (Phi) is 3.46. The van der Waals surface area contributed by atoms with Crippen LogP contribution in [0, 0.1) is 0 Å². The molecule has 82 valence electrons. The zero-order valence-electron chi connectivity index (χ0n) is 8.41. The van der Waals surface area contributed by atoms with Crippen LogP contribution in [0.2, 0.25) is 5.02 Å². The molecular weight excluding hydrogens is 214 g/mol. The third-order valence-corrected chi connectivity index (χ3v) is 2.71. The van der Waals surface area contributed by atoms with Crippen LogP contribution in [-0.4, -0.2) is 19.3 Å². The third kappa shape index (κ3) is 2.62. The highest BCUT2D eigenvalue weighted by molar-refractivity contribution is 6.32. The van der Waals surface area contributed by atoms with E-state index in [0.717, 1.165) is 18.6 Å². The molecule has 0 amide bonds. The first kappa shape index (κ1) is 10.7. The Hall–Kier alpha value is -0.770. The summed E-state index contributed by atoms with van der Waals surface area (Å²) in [4.78, 5) is 0. The largest absolute Gasteiger partial charge is 0.486 e. The summed E-state index contributed by atoms with van der Waals surface area (Å²) in [7, 11) is 0. The first-order valence-electron chi connectivity index (χ1n) is 5.02. The van der Waals surface area contributed by atoms with Gasteiger partial charge in [0.1, 0.15) is 11.9 Å². The Labute approximate surface area is 94.1 Å². The molecule has 3 nitrogen and oxygen atoms in total. The number of hydrogen-bond acceptors (Lipinski definition) is 3. The van der Waals surface area contributed by atoms with Crippen molar-refractivity contribution in [3.05, 3.63) is 28.8 Å². The van der Waals surface area contributed by atoms with Crippen LogP contribution < -0.4 is 10.5 Å². The van der Waals surface area contributed by atoms with Gasteiger partial charge in [-0.2, -0.15) is 0 Å². The van der Waals surface area contributed by atoms with Gasteiger partial charge in [-0.1, -0.05) is 17.7 Å². The Morgan fingerprint density at radius 3 is 3.00 bits per heavy atom. The van der Waals surface area contributed by atoms with Gasteiger partial charge >= 0.3 is 0 Å². The Balaban J connectivity index is 2.07. The molecule has 15 heavy (non-hydrogen) atoms. The summed E-state index contributed by atoms with van der Waals surface area (Å²) in [6.45, 7) is 1.91. The average molecular weight is 228 g/mol. The minimum Gasteiger partial charge on any atom is -0.486 e. The first-order valence-corrected chi connectivity index (χ1v) is 5.40. The molecular formula is C11H14ClNO2. The molecule has 1 aliphatic heterocycles. The highest BCUT2D eigenvalue weighted by atomic mass is 35.5. The van der Waals surface area contributed by atoms with Crippen molar-refractivity contribution in [2.45, 2.75) is 19.1 Å². The molecule has 1 fully saturated rings. The van der Waals surface area contributed by atoms with E-state index in [4.69, 9.17) is 26.8 Å². The van der Waals surface area contributed by atoms with Gasteiger partial charge in [0.25, 0.3) is 0 Å². The molecule has 1 aliphatic rings. The summed E-state index contributed by atoms with van der Waals surface area (Å²) in [6.07, 6.45) is 1.06. The lowest BCUT2D eigenvalue weighted by Crippen LogP contribution is -2.15. The van der Waals surface area contributed by atoms with E-state index in [1.165, 1.54) is 0 Å². The molecule has 1 aromatic rings. The van der Waals surface area contributed by atoms with Gasteiger partial charge in [-0.05, 0) is 17.7 Å². The van der Waals surface area contributed by atoms with Crippen LogP contribution >= 0.6 is 11.6 Å². The van der Waals surface area contributed by atoms with Gasteiger partial charge in [0, 0.05) is 13.0 Å². The molecule has 1 saturated heterocycles. The number of nitrogens with two attached hydrogens (primary N) is 1. The smallest absolute Gasteiger partial charge is 0.138 e. The molecule has 1 aromatic carbocycles. The van der Waals surface area contributed by atoms with Crippen molar-refractivity contribution in [2.24, 2.45) is 5.73 Å². The minimum absolute atomic E-state index is 0.131. The molecule has 0 radical (unpaired) electrons. The van der Waals surface area contributed by atoms with Gasteiger partial charge in [0.05, 0.1) is 18.2 Å². The van der Waals surface area contributed by atoms with Gasteiger partial charge in [0.2, 0.25) is 0 Å². The third-order valence-electron chi connectivity index (χ3n) is 2.41. The zero-order chi connectivity index (χ0) is 10.7. The number of rotatable bonds is 3. The van der Waals surface area contributed by atoms with Crippen molar-refractivity contribution in [1.82, 2.24) is 0 Å². The SMILES string of the molecule is NCc1ccc(OC2CCOC2)c(Cl)c1. The molecule has 2 N–H and O–H groups in total. The number of halogens is 1. The summed E-state index contributed by atoms with van der Waals surface area (Å²) in [5.41, 5.74) is 6.52. The van der Waals surface area contributed by atoms with Crippen molar-refractivity contribution in [3.8, 4) is 5.75 Å². The fourth-order valence-corrected chi connectivity index (χ4v) is 1.80. The predicted octanol–water partition coefficient (Wildman–Crippen LogP) is 1.97. The fraction of sp³-hybridized carbons (Fsp3) is 0.455. The van der Waals surface area contributed by atoms with Gasteiger partial charge in [-0.25, -0.2) is 0 Å². The normalized spacial score (nSPS) is 20.5. The molecule has 0 aliphatic carbocycles. The molecule has 0 aromatic heterocycles. The summed E-state index contributed by atoms with van der Waals surface area (Å²) >= 11 is 6.07. The van der Waals surface area contributed by atoms with E-state index in [-0.39, 0.29) is 6.10 Å². The maximum atomic E-state index is 6.07. The van der Waals surface area contributed by atoms with E-state index < -0.39 is 0 Å². The molecule has 1 unspecified atom stereocenters. The zero-order valence-corrected chi connectivity index (χ0v) is 9.17. The first-order chi connectivity index (χ1) is 7.29. The molecule has 0 bridgehead atoms. The van der Waals surface area contributed by atoms with E-state index in [1.807, 2.05) is 18.2 Å². The van der Waals surface area contributed by atoms with Gasteiger partial charge in [0.15, 0.2) is 0 Å². The van der Waals surface area contributed by atoms with Crippen molar-refractivity contribution >= 4 is 11.6 Å². The molecule has 2 rings (SSSR count). The number of hydrogen-bond donors (Lipinski definition) is 1. The molecule has 1 heterocycles. The van der Waals surface area contributed by atoms with E-state index in [1.54, 1.807) is 0 Å². The van der Waals surface area contributed by atoms with Crippen LogP contribution in [0.25, 0.3) is 0 Å². The van der Waals surface area contributed by atoms with Gasteiger partial charge in [-0.3, -0.25) is 0 Å². The van der Waals surface area contributed by atoms with Gasteiger partial charge in [-0.15, -0.1) is 0 Å². The summed E-state index contributed by atoms with van der Waals surface area (Å²) in [5, 5.41) is 0.616. The quantitative estimate of drug-likeness (QED) is 0.859. The molecule has 0 spiro atoms. The lowest BCUT2D eigenvalue weighted by molar-refractivity contribution is 0.141. The Bertz CT molecular complexity index is 337. The van der Waals surface area contributed by atoms with Gasteiger partial charge < -0.3 is 15.2 Å². The van der Waals surface area contributed by atoms with E-state index in [0.29, 0.717) is 23.9 Å². The molecule has 4 heteroatoms.